The second-order valence-corrected chi connectivity index (χ2v) is 5.99. The van der Waals surface area contributed by atoms with Gasteiger partial charge in [0.1, 0.15) is 12.4 Å². The molecule has 0 N–H and O–H groups in total. The van der Waals surface area contributed by atoms with Crippen molar-refractivity contribution in [2.45, 2.75) is 6.61 Å². The topological polar surface area (TPSA) is 35.5 Å². The van der Waals surface area contributed by atoms with Gasteiger partial charge >= 0.3 is 5.97 Å². The number of hydrogen-bond acceptors (Lipinski definition) is 3. The fourth-order valence-corrected chi connectivity index (χ4v) is 2.58. The van der Waals surface area contributed by atoms with Crippen molar-refractivity contribution in [2.75, 3.05) is 7.11 Å². The molecule has 3 nitrogen and oxygen atoms in total. The van der Waals surface area contributed by atoms with Gasteiger partial charge in [0.2, 0.25) is 0 Å². The van der Waals surface area contributed by atoms with Crippen molar-refractivity contribution >= 4 is 44.5 Å². The molecule has 104 valence electrons. The SMILES string of the molecule is COC(=O)c1cc(I)c(Br)c(OCc2ccccc2)c1. The van der Waals surface area contributed by atoms with Gasteiger partial charge in [0.15, 0.2) is 0 Å². The van der Waals surface area contributed by atoms with Gasteiger partial charge in [-0.25, -0.2) is 4.79 Å². The van der Waals surface area contributed by atoms with Crippen molar-refractivity contribution in [1.82, 2.24) is 0 Å². The van der Waals surface area contributed by atoms with Crippen LogP contribution < -0.4 is 4.74 Å². The number of rotatable bonds is 4. The maximum Gasteiger partial charge on any atom is 0.338 e. The molecule has 0 spiro atoms. The Labute approximate surface area is 139 Å². The molecule has 0 fully saturated rings. The van der Waals surface area contributed by atoms with Crippen LogP contribution in [0.2, 0.25) is 0 Å². The summed E-state index contributed by atoms with van der Waals surface area (Å²) in [5, 5.41) is 0. The second kappa shape index (κ2) is 7.08. The van der Waals surface area contributed by atoms with Crippen molar-refractivity contribution in [1.29, 1.82) is 0 Å². The molecule has 2 rings (SSSR count). The summed E-state index contributed by atoms with van der Waals surface area (Å²) in [6.45, 7) is 0.445. The molecule has 0 aliphatic heterocycles. The lowest BCUT2D eigenvalue weighted by molar-refractivity contribution is 0.0600. The highest BCUT2D eigenvalue weighted by Crippen LogP contribution is 2.32. The summed E-state index contributed by atoms with van der Waals surface area (Å²) in [6, 6.07) is 13.3. The summed E-state index contributed by atoms with van der Waals surface area (Å²) in [4.78, 5) is 11.6. The maximum absolute atomic E-state index is 11.6. The zero-order chi connectivity index (χ0) is 14.5. The van der Waals surface area contributed by atoms with E-state index in [9.17, 15) is 4.79 Å². The average molecular weight is 447 g/mol. The Morgan fingerprint density at radius 1 is 1.25 bits per heavy atom. The molecule has 0 unspecified atom stereocenters. The van der Waals surface area contributed by atoms with E-state index in [0.29, 0.717) is 17.9 Å². The predicted molar refractivity (Wildman–Crippen MR) is 89.0 cm³/mol. The normalized spacial score (nSPS) is 10.2. The smallest absolute Gasteiger partial charge is 0.338 e. The fraction of sp³-hybridized carbons (Fsp3) is 0.133. The van der Waals surface area contributed by atoms with Crippen molar-refractivity contribution < 1.29 is 14.3 Å². The van der Waals surface area contributed by atoms with E-state index in [-0.39, 0.29) is 5.97 Å². The zero-order valence-electron chi connectivity index (χ0n) is 10.7. The van der Waals surface area contributed by atoms with Gasteiger partial charge in [0.05, 0.1) is 17.1 Å². The number of carbonyl (C=O) groups excluding carboxylic acids is 1. The van der Waals surface area contributed by atoms with Crippen molar-refractivity contribution in [3.8, 4) is 5.75 Å². The van der Waals surface area contributed by atoms with Crippen molar-refractivity contribution in [3.05, 3.63) is 61.6 Å². The highest BCUT2D eigenvalue weighted by molar-refractivity contribution is 14.1. The molecule has 0 saturated heterocycles. The first-order valence-electron chi connectivity index (χ1n) is 5.86. The molecule has 0 radical (unpaired) electrons. The number of esters is 1. The summed E-state index contributed by atoms with van der Waals surface area (Å²) in [5.74, 6) is 0.251. The van der Waals surface area contributed by atoms with Crippen LogP contribution in [0.1, 0.15) is 15.9 Å². The Bertz CT molecular complexity index is 614. The molecular formula is C15H12BrIO3. The summed E-state index contributed by atoms with van der Waals surface area (Å²) < 4.78 is 12.2. The Balaban J connectivity index is 2.22. The fourth-order valence-electron chi connectivity index (χ4n) is 1.64. The first kappa shape index (κ1) is 15.3. The van der Waals surface area contributed by atoms with Crippen LogP contribution in [0.25, 0.3) is 0 Å². The highest BCUT2D eigenvalue weighted by atomic mass is 127. The molecule has 0 heterocycles. The van der Waals surface area contributed by atoms with Crippen LogP contribution in [0.4, 0.5) is 0 Å². The third kappa shape index (κ3) is 3.73. The summed E-state index contributed by atoms with van der Waals surface area (Å²) >= 11 is 5.62. The van der Waals surface area contributed by atoms with E-state index in [4.69, 9.17) is 9.47 Å². The van der Waals surface area contributed by atoms with Crippen LogP contribution in [-0.2, 0) is 11.3 Å². The number of hydrogen-bond donors (Lipinski definition) is 0. The summed E-state index contributed by atoms with van der Waals surface area (Å²) in [5.41, 5.74) is 1.54. The third-order valence-corrected chi connectivity index (χ3v) is 5.06. The molecule has 0 saturated carbocycles. The molecule has 0 aliphatic carbocycles. The lowest BCUT2D eigenvalue weighted by Crippen LogP contribution is -2.04. The molecule has 0 atom stereocenters. The minimum absolute atomic E-state index is 0.375. The average Bonchev–Trinajstić information content (AvgIpc) is 2.48. The zero-order valence-corrected chi connectivity index (χ0v) is 14.5. The highest BCUT2D eigenvalue weighted by Gasteiger charge is 2.13. The molecule has 0 bridgehead atoms. The van der Waals surface area contributed by atoms with Gasteiger partial charge in [-0.2, -0.15) is 0 Å². The molecule has 0 aromatic heterocycles. The number of methoxy groups -OCH3 is 1. The monoisotopic (exact) mass is 446 g/mol. The lowest BCUT2D eigenvalue weighted by atomic mass is 10.2. The van der Waals surface area contributed by atoms with E-state index in [1.165, 1.54) is 7.11 Å². The van der Waals surface area contributed by atoms with Crippen LogP contribution in [0.3, 0.4) is 0 Å². The minimum atomic E-state index is -0.375. The van der Waals surface area contributed by atoms with Gasteiger partial charge in [-0.3, -0.25) is 0 Å². The second-order valence-electron chi connectivity index (χ2n) is 4.04. The van der Waals surface area contributed by atoms with Gasteiger partial charge < -0.3 is 9.47 Å². The quantitative estimate of drug-likeness (QED) is 0.515. The number of benzene rings is 2. The van der Waals surface area contributed by atoms with E-state index in [1.54, 1.807) is 12.1 Å². The van der Waals surface area contributed by atoms with Gasteiger partial charge in [0, 0.05) is 3.57 Å². The van der Waals surface area contributed by atoms with Gasteiger partial charge in [0.25, 0.3) is 0 Å². The van der Waals surface area contributed by atoms with E-state index in [1.807, 2.05) is 30.3 Å². The number of ether oxygens (including phenoxy) is 2. The molecular weight excluding hydrogens is 435 g/mol. The third-order valence-electron chi connectivity index (χ3n) is 2.65. The van der Waals surface area contributed by atoms with Crippen LogP contribution in [0.5, 0.6) is 5.75 Å². The van der Waals surface area contributed by atoms with Crippen LogP contribution in [-0.4, -0.2) is 13.1 Å². The molecule has 0 aliphatic rings. The minimum Gasteiger partial charge on any atom is -0.488 e. The Hall–Kier alpha value is -1.08. The Kier molecular flexibility index (Phi) is 5.42. The van der Waals surface area contributed by atoms with Gasteiger partial charge in [-0.05, 0) is 56.2 Å². The van der Waals surface area contributed by atoms with E-state index in [2.05, 4.69) is 38.5 Å². The van der Waals surface area contributed by atoms with E-state index in [0.717, 1.165) is 13.6 Å². The van der Waals surface area contributed by atoms with Crippen molar-refractivity contribution in [3.63, 3.8) is 0 Å². The molecule has 2 aromatic rings. The van der Waals surface area contributed by atoms with E-state index < -0.39 is 0 Å². The molecule has 0 amide bonds. The van der Waals surface area contributed by atoms with Crippen LogP contribution >= 0.6 is 38.5 Å². The molecule has 20 heavy (non-hydrogen) atoms. The van der Waals surface area contributed by atoms with Gasteiger partial charge in [-0.1, -0.05) is 30.3 Å². The predicted octanol–water partition coefficient (Wildman–Crippen LogP) is 4.42. The Morgan fingerprint density at radius 3 is 2.60 bits per heavy atom. The molecule has 2 aromatic carbocycles. The Morgan fingerprint density at radius 2 is 1.95 bits per heavy atom. The van der Waals surface area contributed by atoms with Crippen molar-refractivity contribution in [2.24, 2.45) is 0 Å². The number of halogens is 2. The standard InChI is InChI=1S/C15H12BrIO3/c1-19-15(18)11-7-12(17)14(16)13(8-11)20-9-10-5-3-2-4-6-10/h2-8H,9H2,1H3. The maximum atomic E-state index is 11.6. The summed E-state index contributed by atoms with van der Waals surface area (Å²) in [6.07, 6.45) is 0. The first-order valence-corrected chi connectivity index (χ1v) is 7.73. The summed E-state index contributed by atoms with van der Waals surface area (Å²) in [7, 11) is 1.36. The number of carbonyl (C=O) groups is 1. The van der Waals surface area contributed by atoms with Gasteiger partial charge in [-0.15, -0.1) is 0 Å². The van der Waals surface area contributed by atoms with E-state index >= 15 is 0 Å². The lowest BCUT2D eigenvalue weighted by Gasteiger charge is -2.11. The molecule has 5 heteroatoms. The first-order chi connectivity index (χ1) is 9.61. The van der Waals surface area contributed by atoms with Crippen LogP contribution in [0, 0.1) is 3.57 Å². The largest absolute Gasteiger partial charge is 0.488 e. The van der Waals surface area contributed by atoms with Crippen LogP contribution in [0.15, 0.2) is 46.9 Å².